The fraction of sp³-hybridized carbons (Fsp3) is 0.833. The highest BCUT2D eigenvalue weighted by Gasteiger charge is 2.43. The van der Waals surface area contributed by atoms with Crippen LogP contribution in [0.25, 0.3) is 0 Å². The van der Waals surface area contributed by atoms with E-state index in [9.17, 15) is 9.59 Å². The molecule has 6 nitrogen and oxygen atoms in total. The molecule has 0 fully saturated rings. The summed E-state index contributed by atoms with van der Waals surface area (Å²) >= 11 is 0. The van der Waals surface area contributed by atoms with Gasteiger partial charge in [0, 0.05) is 0 Å². The molecule has 2 atom stereocenters. The van der Waals surface area contributed by atoms with Crippen LogP contribution in [-0.2, 0) is 14.3 Å². The summed E-state index contributed by atoms with van der Waals surface area (Å²) in [4.78, 5) is 22.3. The maximum atomic E-state index is 11.5. The molecule has 18 heavy (non-hydrogen) atoms. The Hall–Kier alpha value is -1.14. The molecule has 0 bridgehead atoms. The van der Waals surface area contributed by atoms with Crippen LogP contribution in [0.2, 0.25) is 0 Å². The number of aliphatic carboxylic acids is 1. The predicted molar refractivity (Wildman–Crippen MR) is 65.9 cm³/mol. The van der Waals surface area contributed by atoms with Gasteiger partial charge in [0.15, 0.2) is 0 Å². The Morgan fingerprint density at radius 2 is 2.00 bits per heavy atom. The van der Waals surface area contributed by atoms with Crippen molar-refractivity contribution in [2.75, 3.05) is 13.2 Å². The molecule has 0 aromatic heterocycles. The molecular formula is C12H23NO5. The van der Waals surface area contributed by atoms with Crippen LogP contribution in [0.1, 0.15) is 39.5 Å². The summed E-state index contributed by atoms with van der Waals surface area (Å²) < 4.78 is 4.90. The number of hydrogen-bond donors (Lipinski definition) is 3. The van der Waals surface area contributed by atoms with Crippen molar-refractivity contribution in [1.82, 2.24) is 0 Å². The summed E-state index contributed by atoms with van der Waals surface area (Å²) in [6.07, 6.45) is 3.85. The van der Waals surface area contributed by atoms with E-state index in [1.165, 1.54) is 0 Å². The van der Waals surface area contributed by atoms with E-state index in [0.717, 1.165) is 25.7 Å². The second-order valence-electron chi connectivity index (χ2n) is 4.45. The Balaban J connectivity index is 4.34. The van der Waals surface area contributed by atoms with E-state index < -0.39 is 24.1 Å². The van der Waals surface area contributed by atoms with Crippen molar-refractivity contribution in [1.29, 1.82) is 0 Å². The average molecular weight is 261 g/mol. The van der Waals surface area contributed by atoms with Crippen molar-refractivity contribution >= 4 is 11.9 Å². The largest absolute Gasteiger partial charge is 0.479 e. The zero-order valence-electron chi connectivity index (χ0n) is 11.0. The molecule has 106 valence electrons. The van der Waals surface area contributed by atoms with Gasteiger partial charge in [0.25, 0.3) is 0 Å². The number of carbonyl (C=O) groups excluding carboxylic acids is 1. The van der Waals surface area contributed by atoms with Gasteiger partial charge in [-0.3, -0.25) is 0 Å². The first-order valence-corrected chi connectivity index (χ1v) is 6.22. The van der Waals surface area contributed by atoms with E-state index in [-0.39, 0.29) is 12.5 Å². The Morgan fingerprint density at radius 3 is 2.39 bits per heavy atom. The zero-order valence-corrected chi connectivity index (χ0v) is 11.0. The summed E-state index contributed by atoms with van der Waals surface area (Å²) in [6, 6.07) is 0. The van der Waals surface area contributed by atoms with Gasteiger partial charge in [-0.25, -0.2) is 9.59 Å². The van der Waals surface area contributed by atoms with E-state index in [1.807, 2.05) is 6.92 Å². The number of unbranched alkanes of at least 4 members (excludes halogenated alkanes) is 1. The Morgan fingerprint density at radius 1 is 1.39 bits per heavy atom. The molecule has 0 spiro atoms. The molecule has 0 aromatic carbocycles. The van der Waals surface area contributed by atoms with Crippen LogP contribution < -0.4 is 5.73 Å². The van der Waals surface area contributed by atoms with E-state index in [0.29, 0.717) is 0 Å². The van der Waals surface area contributed by atoms with Gasteiger partial charge in [0.2, 0.25) is 5.54 Å². The summed E-state index contributed by atoms with van der Waals surface area (Å²) in [6.45, 7) is 3.21. The highest BCUT2D eigenvalue weighted by molar-refractivity contribution is 6.04. The van der Waals surface area contributed by atoms with Crippen LogP contribution in [0, 0.1) is 5.92 Å². The fourth-order valence-electron chi connectivity index (χ4n) is 1.44. The molecule has 0 aliphatic rings. The van der Waals surface area contributed by atoms with Crippen LogP contribution in [0.3, 0.4) is 0 Å². The predicted octanol–water partition coefficient (Wildman–Crippen LogP) is 0.520. The van der Waals surface area contributed by atoms with E-state index >= 15 is 0 Å². The summed E-state index contributed by atoms with van der Waals surface area (Å²) in [5.41, 5.74) is 2.93. The van der Waals surface area contributed by atoms with E-state index in [2.05, 4.69) is 6.92 Å². The van der Waals surface area contributed by atoms with Crippen LogP contribution in [-0.4, -0.2) is 40.9 Å². The third-order valence-corrected chi connectivity index (χ3v) is 2.99. The lowest BCUT2D eigenvalue weighted by atomic mass is 10.00. The lowest BCUT2D eigenvalue weighted by Crippen LogP contribution is -2.58. The summed E-state index contributed by atoms with van der Waals surface area (Å²) in [5.74, 6) is -2.48. The van der Waals surface area contributed by atoms with E-state index in [4.69, 9.17) is 20.7 Å². The minimum atomic E-state index is -2.36. The lowest BCUT2D eigenvalue weighted by Gasteiger charge is -2.22. The third kappa shape index (κ3) is 4.62. The van der Waals surface area contributed by atoms with Crippen molar-refractivity contribution in [2.24, 2.45) is 11.7 Å². The number of carbonyl (C=O) groups is 2. The number of aliphatic hydroxyl groups excluding tert-OH is 1. The molecule has 0 saturated carbocycles. The number of rotatable bonds is 9. The van der Waals surface area contributed by atoms with Gasteiger partial charge in [-0.15, -0.1) is 0 Å². The number of nitrogens with two attached hydrogens (primary N) is 1. The first-order chi connectivity index (χ1) is 8.42. The van der Waals surface area contributed by atoms with Crippen LogP contribution in [0.15, 0.2) is 0 Å². The smallest absolute Gasteiger partial charge is 0.340 e. The third-order valence-electron chi connectivity index (χ3n) is 2.99. The van der Waals surface area contributed by atoms with Crippen molar-refractivity contribution in [3.63, 3.8) is 0 Å². The van der Waals surface area contributed by atoms with Gasteiger partial charge in [-0.2, -0.15) is 0 Å². The zero-order chi connectivity index (χ0) is 14.2. The van der Waals surface area contributed by atoms with Crippen LogP contribution in [0.5, 0.6) is 0 Å². The van der Waals surface area contributed by atoms with Gasteiger partial charge in [-0.05, 0) is 12.3 Å². The Labute approximate surface area is 107 Å². The highest BCUT2D eigenvalue weighted by atomic mass is 16.5. The van der Waals surface area contributed by atoms with Crippen molar-refractivity contribution < 1.29 is 24.5 Å². The van der Waals surface area contributed by atoms with Gasteiger partial charge in [0.05, 0.1) is 13.2 Å². The van der Waals surface area contributed by atoms with Gasteiger partial charge in [-0.1, -0.05) is 33.1 Å². The van der Waals surface area contributed by atoms with Crippen LogP contribution >= 0.6 is 0 Å². The molecule has 0 saturated heterocycles. The monoisotopic (exact) mass is 261 g/mol. The molecule has 0 aromatic rings. The van der Waals surface area contributed by atoms with Gasteiger partial charge < -0.3 is 20.7 Å². The van der Waals surface area contributed by atoms with Crippen molar-refractivity contribution in [3.05, 3.63) is 0 Å². The number of ether oxygens (including phenoxy) is 1. The molecule has 2 unspecified atom stereocenters. The van der Waals surface area contributed by atoms with Crippen molar-refractivity contribution in [3.8, 4) is 0 Å². The van der Waals surface area contributed by atoms with Gasteiger partial charge >= 0.3 is 11.9 Å². The molecule has 0 radical (unpaired) electrons. The maximum absolute atomic E-state index is 11.5. The summed E-state index contributed by atoms with van der Waals surface area (Å²) in [7, 11) is 0. The number of esters is 1. The topological polar surface area (TPSA) is 110 Å². The van der Waals surface area contributed by atoms with E-state index in [1.54, 1.807) is 0 Å². The molecule has 0 amide bonds. The lowest BCUT2D eigenvalue weighted by molar-refractivity contribution is -0.164. The molecule has 6 heteroatoms. The first-order valence-electron chi connectivity index (χ1n) is 6.22. The molecule has 4 N–H and O–H groups in total. The van der Waals surface area contributed by atoms with Crippen molar-refractivity contribution in [2.45, 2.75) is 45.1 Å². The normalized spacial score (nSPS) is 15.8. The molecule has 0 rings (SSSR count). The second kappa shape index (κ2) is 8.05. The molecule has 0 heterocycles. The average Bonchev–Trinajstić information content (AvgIpc) is 2.37. The minimum Gasteiger partial charge on any atom is -0.479 e. The molecule has 0 aliphatic heterocycles. The number of carboxylic acid groups (broad SMARTS) is 1. The quantitative estimate of drug-likeness (QED) is 0.412. The maximum Gasteiger partial charge on any atom is 0.340 e. The number of carboxylic acids is 1. The van der Waals surface area contributed by atoms with Gasteiger partial charge in [0.1, 0.15) is 0 Å². The minimum absolute atomic E-state index is 0.140. The SMILES string of the molecule is CCCCC(CC)COC(=O)C(N)(CO)C(=O)O. The number of aliphatic hydroxyl groups is 1. The Bertz CT molecular complexity index is 282. The summed E-state index contributed by atoms with van der Waals surface area (Å²) in [5, 5.41) is 17.7. The molecular weight excluding hydrogens is 238 g/mol. The number of hydrogen-bond acceptors (Lipinski definition) is 5. The highest BCUT2D eigenvalue weighted by Crippen LogP contribution is 2.14. The fourth-order valence-corrected chi connectivity index (χ4v) is 1.44. The second-order valence-corrected chi connectivity index (χ2v) is 4.45. The van der Waals surface area contributed by atoms with Crippen LogP contribution in [0.4, 0.5) is 0 Å². The standard InChI is InChI=1S/C12H23NO5/c1-3-5-6-9(4-2)7-18-11(17)12(13,8-14)10(15)16/h9,14H,3-8,13H2,1-2H3,(H,15,16). The molecule has 0 aliphatic carbocycles. The Kier molecular flexibility index (Phi) is 7.54. The first kappa shape index (κ1) is 16.9.